The SMILES string of the molecule is CN(C)CCc1cnc(Nc2nccc(-c3ccccc3)n2)[nH]1. The first-order chi connectivity index (χ1) is 11.2. The highest BCUT2D eigenvalue weighted by atomic mass is 15.2. The predicted octanol–water partition coefficient (Wildman–Crippen LogP) is 2.71. The third kappa shape index (κ3) is 4.14. The van der Waals surface area contributed by atoms with Gasteiger partial charge < -0.3 is 9.88 Å². The number of anilines is 2. The van der Waals surface area contributed by atoms with Crippen molar-refractivity contribution in [1.82, 2.24) is 24.8 Å². The van der Waals surface area contributed by atoms with Crippen LogP contribution in [0, 0.1) is 0 Å². The van der Waals surface area contributed by atoms with E-state index >= 15 is 0 Å². The summed E-state index contributed by atoms with van der Waals surface area (Å²) in [5.74, 6) is 1.18. The van der Waals surface area contributed by atoms with Crippen molar-refractivity contribution in [2.75, 3.05) is 26.0 Å². The van der Waals surface area contributed by atoms with Crippen molar-refractivity contribution >= 4 is 11.9 Å². The van der Waals surface area contributed by atoms with E-state index in [2.05, 4.69) is 44.2 Å². The third-order valence-corrected chi connectivity index (χ3v) is 3.41. The first-order valence-electron chi connectivity index (χ1n) is 7.55. The molecular formula is C17H20N6. The number of hydrogen-bond acceptors (Lipinski definition) is 5. The van der Waals surface area contributed by atoms with E-state index in [0.29, 0.717) is 11.9 Å². The van der Waals surface area contributed by atoms with Crippen molar-refractivity contribution in [3.63, 3.8) is 0 Å². The second kappa shape index (κ2) is 7.02. The molecule has 0 aliphatic heterocycles. The molecule has 118 valence electrons. The van der Waals surface area contributed by atoms with Gasteiger partial charge in [-0.3, -0.25) is 5.32 Å². The summed E-state index contributed by atoms with van der Waals surface area (Å²) in [5, 5.41) is 3.12. The van der Waals surface area contributed by atoms with Crippen LogP contribution in [0.3, 0.4) is 0 Å². The Morgan fingerprint density at radius 3 is 2.70 bits per heavy atom. The van der Waals surface area contributed by atoms with Gasteiger partial charge in [-0.2, -0.15) is 0 Å². The molecule has 23 heavy (non-hydrogen) atoms. The maximum absolute atomic E-state index is 4.53. The van der Waals surface area contributed by atoms with Gasteiger partial charge >= 0.3 is 0 Å². The molecule has 6 heteroatoms. The molecule has 2 heterocycles. The molecule has 0 bridgehead atoms. The molecule has 3 rings (SSSR count). The highest BCUT2D eigenvalue weighted by molar-refractivity contribution is 5.60. The van der Waals surface area contributed by atoms with Gasteiger partial charge in [0.25, 0.3) is 0 Å². The van der Waals surface area contributed by atoms with Crippen LogP contribution in [0.5, 0.6) is 0 Å². The fourth-order valence-corrected chi connectivity index (χ4v) is 2.19. The van der Waals surface area contributed by atoms with Crippen LogP contribution in [0.25, 0.3) is 11.3 Å². The highest BCUT2D eigenvalue weighted by Crippen LogP contribution is 2.18. The lowest BCUT2D eigenvalue weighted by Crippen LogP contribution is -2.15. The third-order valence-electron chi connectivity index (χ3n) is 3.41. The molecule has 0 aliphatic rings. The van der Waals surface area contributed by atoms with E-state index in [1.54, 1.807) is 6.20 Å². The first-order valence-corrected chi connectivity index (χ1v) is 7.55. The Bertz CT molecular complexity index is 751. The van der Waals surface area contributed by atoms with Crippen LogP contribution in [-0.2, 0) is 6.42 Å². The minimum absolute atomic E-state index is 0.528. The fraction of sp³-hybridized carbons (Fsp3) is 0.235. The van der Waals surface area contributed by atoms with Crippen molar-refractivity contribution in [1.29, 1.82) is 0 Å². The van der Waals surface area contributed by atoms with Gasteiger partial charge in [0, 0.05) is 30.4 Å². The molecule has 0 atom stereocenters. The normalized spacial score (nSPS) is 10.9. The van der Waals surface area contributed by atoms with E-state index in [0.717, 1.165) is 29.9 Å². The number of hydrogen-bond donors (Lipinski definition) is 2. The van der Waals surface area contributed by atoms with E-state index in [9.17, 15) is 0 Å². The zero-order valence-electron chi connectivity index (χ0n) is 13.3. The lowest BCUT2D eigenvalue weighted by atomic mass is 10.1. The molecule has 0 saturated carbocycles. The predicted molar refractivity (Wildman–Crippen MR) is 91.6 cm³/mol. The first kappa shape index (κ1) is 15.2. The number of H-pyrrole nitrogens is 1. The second-order valence-corrected chi connectivity index (χ2v) is 5.57. The molecule has 6 nitrogen and oxygen atoms in total. The Labute approximate surface area is 135 Å². The summed E-state index contributed by atoms with van der Waals surface area (Å²) in [5.41, 5.74) is 3.02. The number of rotatable bonds is 6. The zero-order chi connectivity index (χ0) is 16.1. The van der Waals surface area contributed by atoms with E-state index in [-0.39, 0.29) is 0 Å². The molecule has 0 saturated heterocycles. The summed E-state index contributed by atoms with van der Waals surface area (Å²) in [7, 11) is 4.11. The Morgan fingerprint density at radius 2 is 1.91 bits per heavy atom. The van der Waals surface area contributed by atoms with E-state index in [4.69, 9.17) is 0 Å². The van der Waals surface area contributed by atoms with Crippen molar-refractivity contribution in [3.8, 4) is 11.3 Å². The maximum atomic E-state index is 4.53. The molecule has 3 aromatic rings. The van der Waals surface area contributed by atoms with Gasteiger partial charge in [0.1, 0.15) is 0 Å². The molecule has 0 amide bonds. The Morgan fingerprint density at radius 1 is 1.09 bits per heavy atom. The summed E-state index contributed by atoms with van der Waals surface area (Å²) < 4.78 is 0. The maximum Gasteiger partial charge on any atom is 0.230 e. The van der Waals surface area contributed by atoms with Gasteiger partial charge in [-0.25, -0.2) is 15.0 Å². The zero-order valence-corrected chi connectivity index (χ0v) is 13.3. The summed E-state index contributed by atoms with van der Waals surface area (Å²) in [6, 6.07) is 11.9. The lowest BCUT2D eigenvalue weighted by molar-refractivity contribution is 0.412. The van der Waals surface area contributed by atoms with Crippen molar-refractivity contribution in [2.45, 2.75) is 6.42 Å². The van der Waals surface area contributed by atoms with E-state index in [1.807, 2.05) is 42.6 Å². The minimum atomic E-state index is 0.528. The van der Waals surface area contributed by atoms with Crippen LogP contribution in [0.2, 0.25) is 0 Å². The standard InChI is InChI=1S/C17H20N6/c1-23(2)11-9-14-12-19-17(20-14)22-16-18-10-8-15(21-16)13-6-4-3-5-7-13/h3-8,10,12H,9,11H2,1-2H3,(H2,18,19,20,21,22). The number of likely N-dealkylation sites (N-methyl/N-ethyl adjacent to an activating group) is 1. The topological polar surface area (TPSA) is 69.7 Å². The molecule has 0 radical (unpaired) electrons. The van der Waals surface area contributed by atoms with Gasteiger partial charge in [0.05, 0.1) is 11.9 Å². The summed E-state index contributed by atoms with van der Waals surface area (Å²) in [6.07, 6.45) is 4.51. The number of benzene rings is 1. The summed E-state index contributed by atoms with van der Waals surface area (Å²) in [6.45, 7) is 0.974. The van der Waals surface area contributed by atoms with Gasteiger partial charge in [0.2, 0.25) is 11.9 Å². The molecule has 2 aromatic heterocycles. The second-order valence-electron chi connectivity index (χ2n) is 5.57. The molecule has 1 aromatic carbocycles. The molecule has 0 spiro atoms. The van der Waals surface area contributed by atoms with Crippen LogP contribution in [0.1, 0.15) is 5.69 Å². The highest BCUT2D eigenvalue weighted by Gasteiger charge is 2.05. The average Bonchev–Trinajstić information content (AvgIpc) is 3.01. The largest absolute Gasteiger partial charge is 0.328 e. The van der Waals surface area contributed by atoms with Crippen LogP contribution >= 0.6 is 0 Å². The Kier molecular flexibility index (Phi) is 4.63. The molecule has 2 N–H and O–H groups in total. The average molecular weight is 308 g/mol. The fourth-order valence-electron chi connectivity index (χ4n) is 2.19. The van der Waals surface area contributed by atoms with Gasteiger partial charge in [0.15, 0.2) is 0 Å². The monoisotopic (exact) mass is 308 g/mol. The number of nitrogens with zero attached hydrogens (tertiary/aromatic N) is 4. The molecular weight excluding hydrogens is 288 g/mol. The lowest BCUT2D eigenvalue weighted by Gasteiger charge is -2.07. The van der Waals surface area contributed by atoms with Crippen molar-refractivity contribution in [2.24, 2.45) is 0 Å². The molecule has 0 unspecified atom stereocenters. The Hall–Kier alpha value is -2.73. The number of aromatic amines is 1. The summed E-state index contributed by atoms with van der Waals surface area (Å²) in [4.78, 5) is 18.5. The quantitative estimate of drug-likeness (QED) is 0.733. The van der Waals surface area contributed by atoms with E-state index < -0.39 is 0 Å². The van der Waals surface area contributed by atoms with Crippen LogP contribution in [0.4, 0.5) is 11.9 Å². The van der Waals surface area contributed by atoms with Crippen LogP contribution < -0.4 is 5.32 Å². The van der Waals surface area contributed by atoms with Gasteiger partial charge in [-0.1, -0.05) is 30.3 Å². The van der Waals surface area contributed by atoms with E-state index in [1.165, 1.54) is 0 Å². The van der Waals surface area contributed by atoms with Crippen LogP contribution in [-0.4, -0.2) is 45.5 Å². The number of imidazole rings is 1. The molecule has 0 fully saturated rings. The van der Waals surface area contributed by atoms with Gasteiger partial charge in [-0.15, -0.1) is 0 Å². The minimum Gasteiger partial charge on any atom is -0.328 e. The Balaban J connectivity index is 1.71. The number of aromatic nitrogens is 4. The van der Waals surface area contributed by atoms with Gasteiger partial charge in [-0.05, 0) is 20.2 Å². The van der Waals surface area contributed by atoms with Crippen molar-refractivity contribution in [3.05, 3.63) is 54.5 Å². The number of nitrogens with one attached hydrogen (secondary N) is 2. The van der Waals surface area contributed by atoms with Crippen molar-refractivity contribution < 1.29 is 0 Å². The summed E-state index contributed by atoms with van der Waals surface area (Å²) >= 11 is 0. The van der Waals surface area contributed by atoms with Crippen LogP contribution in [0.15, 0.2) is 48.8 Å². The smallest absolute Gasteiger partial charge is 0.230 e. The molecule has 0 aliphatic carbocycles.